The molecule has 1 heterocycles. The lowest BCUT2D eigenvalue weighted by atomic mass is 9.97. The van der Waals surface area contributed by atoms with Gasteiger partial charge in [-0.1, -0.05) is 19.1 Å². The predicted molar refractivity (Wildman–Crippen MR) is 60.1 cm³/mol. The molecule has 1 aromatic carbocycles. The normalized spacial score (nSPS) is 19.6. The quantitative estimate of drug-likeness (QED) is 0.786. The molecule has 0 aromatic heterocycles. The molecule has 1 N–H and O–H groups in total. The van der Waals surface area contributed by atoms with Gasteiger partial charge in [-0.2, -0.15) is 0 Å². The molecule has 0 aliphatic carbocycles. The summed E-state index contributed by atoms with van der Waals surface area (Å²) < 4.78 is 12.8. The fourth-order valence-corrected chi connectivity index (χ4v) is 1.69. The highest BCUT2D eigenvalue weighted by atomic mass is 19.1. The highest BCUT2D eigenvalue weighted by molar-refractivity contribution is 5.76. The zero-order valence-electron chi connectivity index (χ0n) is 8.57. The SMILES string of the molecule is CCC1NC=NC=C1c1ccc(F)cc1. The van der Waals surface area contributed by atoms with Crippen molar-refractivity contribution in [3.63, 3.8) is 0 Å². The predicted octanol–water partition coefficient (Wildman–Crippen LogP) is 2.58. The van der Waals surface area contributed by atoms with Gasteiger partial charge in [0.2, 0.25) is 0 Å². The Labute approximate surface area is 88.5 Å². The van der Waals surface area contributed by atoms with Crippen molar-refractivity contribution in [3.05, 3.63) is 41.8 Å². The number of hydrogen-bond acceptors (Lipinski definition) is 2. The maximum atomic E-state index is 12.8. The molecule has 15 heavy (non-hydrogen) atoms. The molecule has 0 spiro atoms. The van der Waals surface area contributed by atoms with Gasteiger partial charge in [-0.3, -0.25) is 0 Å². The highest BCUT2D eigenvalue weighted by Crippen LogP contribution is 2.22. The Morgan fingerprint density at radius 1 is 1.33 bits per heavy atom. The summed E-state index contributed by atoms with van der Waals surface area (Å²) in [6.45, 7) is 2.11. The van der Waals surface area contributed by atoms with Crippen LogP contribution in [0.1, 0.15) is 18.9 Å². The van der Waals surface area contributed by atoms with E-state index in [2.05, 4.69) is 17.2 Å². The lowest BCUT2D eigenvalue weighted by Gasteiger charge is -2.21. The summed E-state index contributed by atoms with van der Waals surface area (Å²) >= 11 is 0. The Morgan fingerprint density at radius 3 is 2.73 bits per heavy atom. The van der Waals surface area contributed by atoms with Crippen molar-refractivity contribution in [2.75, 3.05) is 0 Å². The van der Waals surface area contributed by atoms with E-state index in [9.17, 15) is 4.39 Å². The van der Waals surface area contributed by atoms with Crippen LogP contribution in [0.2, 0.25) is 0 Å². The van der Waals surface area contributed by atoms with Gasteiger partial charge in [0.15, 0.2) is 0 Å². The summed E-state index contributed by atoms with van der Waals surface area (Å²) in [7, 11) is 0. The van der Waals surface area contributed by atoms with Gasteiger partial charge >= 0.3 is 0 Å². The lowest BCUT2D eigenvalue weighted by Crippen LogP contribution is -2.30. The Balaban J connectivity index is 2.32. The molecule has 1 aliphatic heterocycles. The number of nitrogens with one attached hydrogen (secondary N) is 1. The van der Waals surface area contributed by atoms with Crippen molar-refractivity contribution in [1.29, 1.82) is 0 Å². The minimum atomic E-state index is -0.209. The number of halogens is 1. The minimum absolute atomic E-state index is 0.209. The second-order valence-corrected chi connectivity index (χ2v) is 3.50. The molecule has 0 saturated carbocycles. The number of hydrogen-bond donors (Lipinski definition) is 1. The van der Waals surface area contributed by atoms with E-state index in [-0.39, 0.29) is 11.9 Å². The van der Waals surface area contributed by atoms with Gasteiger partial charge in [0, 0.05) is 6.20 Å². The third kappa shape index (κ3) is 2.06. The zero-order valence-corrected chi connectivity index (χ0v) is 8.57. The van der Waals surface area contributed by atoms with Crippen LogP contribution in [0.5, 0.6) is 0 Å². The highest BCUT2D eigenvalue weighted by Gasteiger charge is 2.14. The molecule has 3 heteroatoms. The Hall–Kier alpha value is -1.64. The molecular formula is C12H13FN2. The molecule has 2 rings (SSSR count). The fraction of sp³-hybridized carbons (Fsp3) is 0.250. The third-order valence-corrected chi connectivity index (χ3v) is 2.53. The van der Waals surface area contributed by atoms with Crippen LogP contribution in [0.25, 0.3) is 5.57 Å². The molecule has 2 nitrogen and oxygen atoms in total. The van der Waals surface area contributed by atoms with Crippen molar-refractivity contribution < 1.29 is 4.39 Å². The first-order valence-electron chi connectivity index (χ1n) is 5.05. The van der Waals surface area contributed by atoms with E-state index in [1.165, 1.54) is 12.1 Å². The molecule has 1 aromatic rings. The van der Waals surface area contributed by atoms with Crippen molar-refractivity contribution in [1.82, 2.24) is 5.32 Å². The van der Waals surface area contributed by atoms with E-state index >= 15 is 0 Å². The van der Waals surface area contributed by atoms with Gasteiger partial charge < -0.3 is 5.32 Å². The first kappa shape index (κ1) is 9.90. The van der Waals surface area contributed by atoms with Crippen LogP contribution in [0.15, 0.2) is 35.5 Å². The van der Waals surface area contributed by atoms with Crippen LogP contribution < -0.4 is 5.32 Å². The standard InChI is InChI=1S/C12H13FN2/c1-2-12-11(7-14-8-15-12)9-3-5-10(13)6-4-9/h3-8,12H,2H2,1H3,(H,14,15). The smallest absolute Gasteiger partial charge is 0.123 e. The second-order valence-electron chi connectivity index (χ2n) is 3.50. The summed E-state index contributed by atoms with van der Waals surface area (Å²) in [4.78, 5) is 4.06. The summed E-state index contributed by atoms with van der Waals surface area (Å²) in [5.41, 5.74) is 2.13. The minimum Gasteiger partial charge on any atom is -0.369 e. The Morgan fingerprint density at radius 2 is 2.07 bits per heavy atom. The number of aliphatic imine (C=N–C) groups is 1. The van der Waals surface area contributed by atoms with Crippen LogP contribution in [-0.2, 0) is 0 Å². The zero-order chi connectivity index (χ0) is 10.7. The van der Waals surface area contributed by atoms with E-state index in [0.717, 1.165) is 17.6 Å². The molecule has 0 fully saturated rings. The maximum absolute atomic E-state index is 12.8. The van der Waals surface area contributed by atoms with E-state index < -0.39 is 0 Å². The monoisotopic (exact) mass is 204 g/mol. The van der Waals surface area contributed by atoms with Crippen molar-refractivity contribution in [2.24, 2.45) is 4.99 Å². The van der Waals surface area contributed by atoms with Crippen LogP contribution in [-0.4, -0.2) is 12.4 Å². The largest absolute Gasteiger partial charge is 0.369 e. The molecular weight excluding hydrogens is 191 g/mol. The molecule has 1 atom stereocenters. The summed E-state index contributed by atoms with van der Waals surface area (Å²) in [6, 6.07) is 6.79. The summed E-state index contributed by atoms with van der Waals surface area (Å²) in [6.07, 6.45) is 4.51. The molecule has 1 aliphatic rings. The third-order valence-electron chi connectivity index (χ3n) is 2.53. The van der Waals surface area contributed by atoms with Crippen LogP contribution in [0.4, 0.5) is 4.39 Å². The summed E-state index contributed by atoms with van der Waals surface area (Å²) in [5, 5.41) is 3.18. The van der Waals surface area contributed by atoms with Gasteiger partial charge in [0.25, 0.3) is 0 Å². The van der Waals surface area contributed by atoms with E-state index in [0.29, 0.717) is 0 Å². The Bertz CT molecular complexity index is 393. The van der Waals surface area contributed by atoms with Crippen molar-refractivity contribution >= 4 is 11.9 Å². The fourth-order valence-electron chi connectivity index (χ4n) is 1.69. The van der Waals surface area contributed by atoms with E-state index in [4.69, 9.17) is 0 Å². The van der Waals surface area contributed by atoms with Crippen molar-refractivity contribution in [3.8, 4) is 0 Å². The van der Waals surface area contributed by atoms with Gasteiger partial charge in [-0.05, 0) is 29.7 Å². The molecule has 0 amide bonds. The van der Waals surface area contributed by atoms with Gasteiger partial charge in [0.05, 0.1) is 12.4 Å². The number of benzene rings is 1. The molecule has 0 bridgehead atoms. The molecule has 0 radical (unpaired) electrons. The Kier molecular flexibility index (Phi) is 2.81. The topological polar surface area (TPSA) is 24.4 Å². The first-order chi connectivity index (χ1) is 7.31. The van der Waals surface area contributed by atoms with E-state index in [1.54, 1.807) is 18.5 Å². The van der Waals surface area contributed by atoms with E-state index in [1.807, 2.05) is 6.20 Å². The van der Waals surface area contributed by atoms with Gasteiger partial charge in [-0.15, -0.1) is 0 Å². The van der Waals surface area contributed by atoms with Crippen LogP contribution in [0, 0.1) is 5.82 Å². The van der Waals surface area contributed by atoms with Crippen molar-refractivity contribution in [2.45, 2.75) is 19.4 Å². The first-order valence-corrected chi connectivity index (χ1v) is 5.05. The average Bonchev–Trinajstić information content (AvgIpc) is 2.30. The number of nitrogens with zero attached hydrogens (tertiary/aromatic N) is 1. The van der Waals surface area contributed by atoms with Gasteiger partial charge in [0.1, 0.15) is 5.82 Å². The maximum Gasteiger partial charge on any atom is 0.123 e. The molecule has 0 saturated heterocycles. The van der Waals surface area contributed by atoms with Crippen LogP contribution in [0.3, 0.4) is 0 Å². The number of rotatable bonds is 2. The average molecular weight is 204 g/mol. The molecule has 78 valence electrons. The van der Waals surface area contributed by atoms with Crippen LogP contribution >= 0.6 is 0 Å². The lowest BCUT2D eigenvalue weighted by molar-refractivity contribution is 0.627. The summed E-state index contributed by atoms with van der Waals surface area (Å²) in [5.74, 6) is -0.209. The molecule has 1 unspecified atom stereocenters. The second kappa shape index (κ2) is 4.26. The van der Waals surface area contributed by atoms with Gasteiger partial charge in [-0.25, -0.2) is 9.38 Å².